The van der Waals surface area contributed by atoms with Crippen LogP contribution in [0.3, 0.4) is 0 Å². The molecule has 1 aromatic rings. The highest BCUT2D eigenvalue weighted by molar-refractivity contribution is 5.02. The number of nitrogens with one attached hydrogen (secondary N) is 1. The lowest BCUT2D eigenvalue weighted by atomic mass is 10.2. The van der Waals surface area contributed by atoms with Crippen molar-refractivity contribution in [2.45, 2.75) is 26.3 Å². The van der Waals surface area contributed by atoms with Crippen LogP contribution >= 0.6 is 0 Å². The van der Waals surface area contributed by atoms with Gasteiger partial charge in [0, 0.05) is 18.8 Å². The number of hydrogen-bond acceptors (Lipinski definition) is 2. The van der Waals surface area contributed by atoms with Crippen molar-refractivity contribution in [1.82, 2.24) is 15.1 Å². The summed E-state index contributed by atoms with van der Waals surface area (Å²) in [4.78, 5) is 2.33. The Morgan fingerprint density at radius 1 is 1.58 bits per heavy atom. The van der Waals surface area contributed by atoms with Gasteiger partial charge in [0.25, 0.3) is 0 Å². The summed E-state index contributed by atoms with van der Waals surface area (Å²) in [5.74, 6) is 0. The van der Waals surface area contributed by atoms with E-state index >= 15 is 0 Å². The molecular weight excluding hydrogens is 150 g/mol. The average Bonchev–Trinajstić information content (AvgIpc) is 2.51. The van der Waals surface area contributed by atoms with Gasteiger partial charge in [0.15, 0.2) is 0 Å². The molecule has 0 saturated carbocycles. The molecule has 1 rings (SSSR count). The number of aromatic amines is 1. The van der Waals surface area contributed by atoms with Gasteiger partial charge in [-0.05, 0) is 32.9 Å². The van der Waals surface area contributed by atoms with Crippen molar-refractivity contribution in [1.29, 1.82) is 0 Å². The molecule has 3 nitrogen and oxygen atoms in total. The van der Waals surface area contributed by atoms with Crippen molar-refractivity contribution in [3.8, 4) is 0 Å². The first-order valence-electron chi connectivity index (χ1n) is 4.38. The number of H-pyrrole nitrogens is 1. The Bertz CT molecular complexity index is 204. The lowest BCUT2D eigenvalue weighted by molar-refractivity contribution is 0.277. The molecule has 3 heteroatoms. The van der Waals surface area contributed by atoms with Crippen molar-refractivity contribution >= 4 is 0 Å². The van der Waals surface area contributed by atoms with E-state index in [4.69, 9.17) is 0 Å². The van der Waals surface area contributed by atoms with E-state index in [0.29, 0.717) is 6.04 Å². The summed E-state index contributed by atoms with van der Waals surface area (Å²) in [6.07, 6.45) is 4.91. The smallest absolute Gasteiger partial charge is 0.0519 e. The molecule has 1 heterocycles. The van der Waals surface area contributed by atoms with Gasteiger partial charge in [0.2, 0.25) is 0 Å². The Kier molecular flexibility index (Phi) is 3.29. The summed E-state index contributed by atoms with van der Waals surface area (Å²) < 4.78 is 0. The zero-order valence-electron chi connectivity index (χ0n) is 8.04. The molecule has 1 aromatic heterocycles. The number of hydrogen-bond donors (Lipinski definition) is 1. The molecule has 0 spiro atoms. The second-order valence-corrected chi connectivity index (χ2v) is 3.43. The van der Waals surface area contributed by atoms with Crippen LogP contribution in [-0.4, -0.2) is 34.7 Å². The molecule has 12 heavy (non-hydrogen) atoms. The van der Waals surface area contributed by atoms with Crippen molar-refractivity contribution < 1.29 is 0 Å². The number of nitrogens with zero attached hydrogens (tertiary/aromatic N) is 2. The van der Waals surface area contributed by atoms with Crippen molar-refractivity contribution in [2.24, 2.45) is 0 Å². The Labute approximate surface area is 73.8 Å². The quantitative estimate of drug-likeness (QED) is 0.733. The summed E-state index contributed by atoms with van der Waals surface area (Å²) >= 11 is 0. The zero-order chi connectivity index (χ0) is 8.97. The molecular formula is C9H17N3. The molecule has 0 fully saturated rings. The van der Waals surface area contributed by atoms with E-state index < -0.39 is 0 Å². The molecule has 0 aliphatic heterocycles. The van der Waals surface area contributed by atoms with Crippen LogP contribution in [0, 0.1) is 0 Å². The van der Waals surface area contributed by atoms with Crippen molar-refractivity contribution in [2.75, 3.05) is 13.6 Å². The minimum Gasteiger partial charge on any atom is -0.304 e. The summed E-state index contributed by atoms with van der Waals surface area (Å²) in [7, 11) is 2.14. The van der Waals surface area contributed by atoms with Crippen molar-refractivity contribution in [3.05, 3.63) is 18.0 Å². The van der Waals surface area contributed by atoms with Gasteiger partial charge in [-0.25, -0.2) is 0 Å². The number of aromatic nitrogens is 2. The summed E-state index contributed by atoms with van der Waals surface area (Å²) in [5.41, 5.74) is 1.28. The van der Waals surface area contributed by atoms with Gasteiger partial charge in [0.05, 0.1) is 6.20 Å². The Morgan fingerprint density at radius 2 is 2.33 bits per heavy atom. The van der Waals surface area contributed by atoms with Crippen molar-refractivity contribution in [3.63, 3.8) is 0 Å². The van der Waals surface area contributed by atoms with Crippen LogP contribution in [0.25, 0.3) is 0 Å². The second kappa shape index (κ2) is 4.26. The van der Waals surface area contributed by atoms with E-state index in [1.165, 1.54) is 5.56 Å². The lowest BCUT2D eigenvalue weighted by Crippen LogP contribution is -2.28. The SMILES string of the molecule is CC(C)N(C)CCc1cn[nH]c1. The number of likely N-dealkylation sites (N-methyl/N-ethyl adjacent to an activating group) is 1. The van der Waals surface area contributed by atoms with Crippen LogP contribution in [-0.2, 0) is 6.42 Å². The van der Waals surface area contributed by atoms with Crippen LogP contribution < -0.4 is 0 Å². The fourth-order valence-corrected chi connectivity index (χ4v) is 0.978. The van der Waals surface area contributed by atoms with Gasteiger partial charge in [-0.15, -0.1) is 0 Å². The van der Waals surface area contributed by atoms with Crippen LogP contribution in [0.2, 0.25) is 0 Å². The normalized spacial score (nSPS) is 11.4. The summed E-state index contributed by atoms with van der Waals surface area (Å²) in [5, 5.41) is 6.72. The summed E-state index contributed by atoms with van der Waals surface area (Å²) in [6, 6.07) is 0.622. The van der Waals surface area contributed by atoms with E-state index in [0.717, 1.165) is 13.0 Å². The van der Waals surface area contributed by atoms with E-state index in [1.54, 1.807) is 0 Å². The van der Waals surface area contributed by atoms with E-state index in [-0.39, 0.29) is 0 Å². The highest BCUT2D eigenvalue weighted by atomic mass is 15.1. The molecule has 0 aromatic carbocycles. The van der Waals surface area contributed by atoms with Gasteiger partial charge < -0.3 is 4.90 Å². The zero-order valence-corrected chi connectivity index (χ0v) is 8.04. The molecule has 0 amide bonds. The third-order valence-corrected chi connectivity index (χ3v) is 2.19. The van der Waals surface area contributed by atoms with E-state index in [2.05, 4.69) is 36.0 Å². The number of rotatable bonds is 4. The molecule has 0 radical (unpaired) electrons. The van der Waals surface area contributed by atoms with Gasteiger partial charge in [0.1, 0.15) is 0 Å². The second-order valence-electron chi connectivity index (χ2n) is 3.43. The fraction of sp³-hybridized carbons (Fsp3) is 0.667. The maximum absolute atomic E-state index is 3.90. The molecule has 0 aliphatic rings. The highest BCUT2D eigenvalue weighted by Crippen LogP contribution is 1.99. The molecule has 0 atom stereocenters. The summed E-state index contributed by atoms with van der Waals surface area (Å²) in [6.45, 7) is 5.50. The predicted octanol–water partition coefficient (Wildman–Crippen LogP) is 1.29. The molecule has 0 unspecified atom stereocenters. The fourth-order valence-electron chi connectivity index (χ4n) is 0.978. The molecule has 68 valence electrons. The molecule has 1 N–H and O–H groups in total. The molecule has 0 saturated heterocycles. The lowest BCUT2D eigenvalue weighted by Gasteiger charge is -2.20. The molecule has 0 aliphatic carbocycles. The average molecular weight is 167 g/mol. The Balaban J connectivity index is 2.27. The Hall–Kier alpha value is -0.830. The predicted molar refractivity (Wildman–Crippen MR) is 50.1 cm³/mol. The topological polar surface area (TPSA) is 31.9 Å². The first kappa shape index (κ1) is 9.26. The first-order valence-corrected chi connectivity index (χ1v) is 4.38. The van der Waals surface area contributed by atoms with Crippen LogP contribution in [0.1, 0.15) is 19.4 Å². The Morgan fingerprint density at radius 3 is 2.83 bits per heavy atom. The van der Waals surface area contributed by atoms with Gasteiger partial charge in [-0.2, -0.15) is 5.10 Å². The third kappa shape index (κ3) is 2.66. The highest BCUT2D eigenvalue weighted by Gasteiger charge is 2.02. The monoisotopic (exact) mass is 167 g/mol. The maximum atomic E-state index is 3.90. The van der Waals surface area contributed by atoms with Gasteiger partial charge in [-0.3, -0.25) is 5.10 Å². The molecule has 0 bridgehead atoms. The van der Waals surface area contributed by atoms with Crippen LogP contribution in [0.5, 0.6) is 0 Å². The van der Waals surface area contributed by atoms with Crippen LogP contribution in [0.15, 0.2) is 12.4 Å². The standard InChI is InChI=1S/C9H17N3/c1-8(2)12(3)5-4-9-6-10-11-7-9/h6-8H,4-5H2,1-3H3,(H,10,11). The van der Waals surface area contributed by atoms with Crippen LogP contribution in [0.4, 0.5) is 0 Å². The van der Waals surface area contributed by atoms with Gasteiger partial charge >= 0.3 is 0 Å². The van der Waals surface area contributed by atoms with Gasteiger partial charge in [-0.1, -0.05) is 0 Å². The minimum atomic E-state index is 0.622. The largest absolute Gasteiger partial charge is 0.304 e. The minimum absolute atomic E-state index is 0.622. The van der Waals surface area contributed by atoms with E-state index in [1.807, 2.05) is 12.4 Å². The van der Waals surface area contributed by atoms with E-state index in [9.17, 15) is 0 Å². The third-order valence-electron chi connectivity index (χ3n) is 2.19. The first-order chi connectivity index (χ1) is 5.70. The maximum Gasteiger partial charge on any atom is 0.0519 e.